The van der Waals surface area contributed by atoms with Gasteiger partial charge in [0.2, 0.25) is 0 Å². The highest BCUT2D eigenvalue weighted by Gasteiger charge is 2.28. The molecule has 0 bridgehead atoms. The Balaban J connectivity index is 2.47. The molecule has 0 spiro atoms. The second-order valence-electron chi connectivity index (χ2n) is 2.50. The topological polar surface area (TPSA) is 69.6 Å². The van der Waals surface area contributed by atoms with Crippen LogP contribution in [0.4, 0.5) is 0 Å². The summed E-state index contributed by atoms with van der Waals surface area (Å²) in [5, 5.41) is 20.5. The molecule has 4 nitrogen and oxygen atoms in total. The Morgan fingerprint density at radius 3 is 2.70 bits per heavy atom. The average Bonchev–Trinajstić information content (AvgIpc) is 1.88. The fourth-order valence-electron chi connectivity index (χ4n) is 1.10. The Morgan fingerprint density at radius 1 is 1.60 bits per heavy atom. The molecular weight excluding hydrogens is 134 g/mol. The van der Waals surface area contributed by atoms with Crippen LogP contribution in [0.15, 0.2) is 0 Å². The number of hydrogen-bond donors (Lipinski definition) is 3. The SMILES string of the molecule is O=C(O)[C@@H]1CNCC[C@@H]1O. The second-order valence-corrected chi connectivity index (χ2v) is 2.50. The van der Waals surface area contributed by atoms with E-state index in [2.05, 4.69) is 5.32 Å². The summed E-state index contributed by atoms with van der Waals surface area (Å²) in [6.07, 6.45) is -0.129. The molecule has 0 aromatic rings. The van der Waals surface area contributed by atoms with Crippen LogP contribution in [0, 0.1) is 5.92 Å². The lowest BCUT2D eigenvalue weighted by Crippen LogP contribution is -2.43. The van der Waals surface area contributed by atoms with Gasteiger partial charge in [-0.25, -0.2) is 0 Å². The van der Waals surface area contributed by atoms with Crippen molar-refractivity contribution in [3.8, 4) is 0 Å². The van der Waals surface area contributed by atoms with Crippen LogP contribution < -0.4 is 5.32 Å². The van der Waals surface area contributed by atoms with E-state index in [0.29, 0.717) is 19.5 Å². The molecule has 0 aromatic heterocycles. The van der Waals surface area contributed by atoms with Gasteiger partial charge in [-0.05, 0) is 13.0 Å². The molecule has 2 atom stereocenters. The summed E-state index contributed by atoms with van der Waals surface area (Å²) >= 11 is 0. The van der Waals surface area contributed by atoms with E-state index in [0.717, 1.165) is 0 Å². The highest BCUT2D eigenvalue weighted by molar-refractivity contribution is 5.71. The van der Waals surface area contributed by atoms with Crippen molar-refractivity contribution in [2.45, 2.75) is 12.5 Å². The highest BCUT2D eigenvalue weighted by Crippen LogP contribution is 2.10. The van der Waals surface area contributed by atoms with Gasteiger partial charge in [-0.3, -0.25) is 4.79 Å². The van der Waals surface area contributed by atoms with Gasteiger partial charge in [-0.2, -0.15) is 0 Å². The third kappa shape index (κ3) is 1.46. The standard InChI is InChI=1S/C6H11NO3/c8-5-1-2-7-3-4(5)6(9)10/h4-5,7-8H,1-3H2,(H,9,10)/t4-,5+/m1/s1. The minimum absolute atomic E-state index is 0.385. The van der Waals surface area contributed by atoms with Crippen LogP contribution in [0.3, 0.4) is 0 Å². The molecule has 1 aliphatic heterocycles. The Bertz CT molecular complexity index is 137. The first-order valence-electron chi connectivity index (χ1n) is 3.33. The maximum Gasteiger partial charge on any atom is 0.310 e. The number of nitrogens with one attached hydrogen (secondary N) is 1. The summed E-state index contributed by atoms with van der Waals surface area (Å²) in [7, 11) is 0. The third-order valence-electron chi connectivity index (χ3n) is 1.76. The molecule has 0 amide bonds. The first-order valence-corrected chi connectivity index (χ1v) is 3.33. The molecule has 1 aliphatic rings. The van der Waals surface area contributed by atoms with Crippen molar-refractivity contribution >= 4 is 5.97 Å². The first kappa shape index (κ1) is 7.50. The molecule has 4 heteroatoms. The number of carbonyl (C=O) groups is 1. The van der Waals surface area contributed by atoms with Crippen molar-refractivity contribution in [1.82, 2.24) is 5.32 Å². The summed E-state index contributed by atoms with van der Waals surface area (Å²) in [5.74, 6) is -1.53. The van der Waals surface area contributed by atoms with Crippen molar-refractivity contribution < 1.29 is 15.0 Å². The highest BCUT2D eigenvalue weighted by atomic mass is 16.4. The van der Waals surface area contributed by atoms with Gasteiger partial charge in [-0.15, -0.1) is 0 Å². The molecule has 10 heavy (non-hydrogen) atoms. The van der Waals surface area contributed by atoms with E-state index in [1.54, 1.807) is 0 Å². The molecule has 1 heterocycles. The lowest BCUT2D eigenvalue weighted by atomic mass is 9.97. The Morgan fingerprint density at radius 2 is 2.30 bits per heavy atom. The number of aliphatic hydroxyl groups is 1. The van der Waals surface area contributed by atoms with Crippen molar-refractivity contribution in [3.63, 3.8) is 0 Å². The number of aliphatic carboxylic acids is 1. The Hall–Kier alpha value is -0.610. The quantitative estimate of drug-likeness (QED) is 0.444. The predicted octanol–water partition coefficient (Wildman–Crippen LogP) is -0.959. The fourth-order valence-corrected chi connectivity index (χ4v) is 1.10. The van der Waals surface area contributed by atoms with Crippen molar-refractivity contribution in [2.75, 3.05) is 13.1 Å². The molecule has 0 unspecified atom stereocenters. The number of carboxylic acids is 1. The first-order chi connectivity index (χ1) is 4.72. The maximum atomic E-state index is 10.4. The van der Waals surface area contributed by atoms with Gasteiger partial charge in [0.25, 0.3) is 0 Å². The van der Waals surface area contributed by atoms with Gasteiger partial charge >= 0.3 is 5.97 Å². The van der Waals surface area contributed by atoms with E-state index < -0.39 is 18.0 Å². The van der Waals surface area contributed by atoms with Gasteiger partial charge in [-0.1, -0.05) is 0 Å². The lowest BCUT2D eigenvalue weighted by molar-refractivity contribution is -0.146. The molecule has 58 valence electrons. The minimum Gasteiger partial charge on any atom is -0.481 e. The largest absolute Gasteiger partial charge is 0.481 e. The summed E-state index contributed by atoms with van der Waals surface area (Å²) in [4.78, 5) is 10.4. The maximum absolute atomic E-state index is 10.4. The van der Waals surface area contributed by atoms with Crippen LogP contribution in [0.25, 0.3) is 0 Å². The molecule has 0 saturated carbocycles. The fraction of sp³-hybridized carbons (Fsp3) is 0.833. The van der Waals surface area contributed by atoms with Gasteiger partial charge in [0, 0.05) is 6.54 Å². The van der Waals surface area contributed by atoms with Gasteiger partial charge < -0.3 is 15.5 Å². The van der Waals surface area contributed by atoms with Crippen molar-refractivity contribution in [1.29, 1.82) is 0 Å². The summed E-state index contributed by atoms with van der Waals surface area (Å²) < 4.78 is 0. The number of aliphatic hydroxyl groups excluding tert-OH is 1. The van der Waals surface area contributed by atoms with Crippen molar-refractivity contribution in [3.05, 3.63) is 0 Å². The summed E-state index contributed by atoms with van der Waals surface area (Å²) in [6, 6.07) is 0. The zero-order chi connectivity index (χ0) is 7.56. The van der Waals surface area contributed by atoms with E-state index in [9.17, 15) is 4.79 Å². The number of carboxylic acid groups (broad SMARTS) is 1. The van der Waals surface area contributed by atoms with E-state index in [-0.39, 0.29) is 0 Å². The molecule has 1 rings (SSSR count). The molecule has 1 saturated heterocycles. The minimum atomic E-state index is -0.917. The molecular formula is C6H11NO3. The van der Waals surface area contributed by atoms with Gasteiger partial charge in [0.05, 0.1) is 12.0 Å². The molecule has 0 aliphatic carbocycles. The molecule has 0 radical (unpaired) electrons. The monoisotopic (exact) mass is 145 g/mol. The van der Waals surface area contributed by atoms with Crippen LogP contribution in [-0.4, -0.2) is 35.4 Å². The number of hydrogen-bond acceptors (Lipinski definition) is 3. The Labute approximate surface area is 58.9 Å². The van der Waals surface area contributed by atoms with Crippen LogP contribution in [0.5, 0.6) is 0 Å². The zero-order valence-corrected chi connectivity index (χ0v) is 5.58. The third-order valence-corrected chi connectivity index (χ3v) is 1.76. The van der Waals surface area contributed by atoms with Gasteiger partial charge in [0.1, 0.15) is 0 Å². The average molecular weight is 145 g/mol. The smallest absolute Gasteiger partial charge is 0.310 e. The molecule has 1 fully saturated rings. The van der Waals surface area contributed by atoms with E-state index in [4.69, 9.17) is 10.2 Å². The second kappa shape index (κ2) is 2.98. The number of piperidine rings is 1. The molecule has 0 aromatic carbocycles. The lowest BCUT2D eigenvalue weighted by Gasteiger charge is -2.24. The van der Waals surface area contributed by atoms with Crippen molar-refractivity contribution in [2.24, 2.45) is 5.92 Å². The van der Waals surface area contributed by atoms with E-state index in [1.165, 1.54) is 0 Å². The van der Waals surface area contributed by atoms with E-state index in [1.807, 2.05) is 0 Å². The predicted molar refractivity (Wildman–Crippen MR) is 34.6 cm³/mol. The zero-order valence-electron chi connectivity index (χ0n) is 5.58. The van der Waals surface area contributed by atoms with E-state index >= 15 is 0 Å². The van der Waals surface area contributed by atoms with Crippen LogP contribution in [-0.2, 0) is 4.79 Å². The van der Waals surface area contributed by atoms with Gasteiger partial charge in [0.15, 0.2) is 0 Å². The normalized spacial score (nSPS) is 33.7. The van der Waals surface area contributed by atoms with Crippen LogP contribution in [0.1, 0.15) is 6.42 Å². The number of rotatable bonds is 1. The molecule has 3 N–H and O–H groups in total. The van der Waals surface area contributed by atoms with Crippen LogP contribution >= 0.6 is 0 Å². The Kier molecular flexibility index (Phi) is 2.24. The van der Waals surface area contributed by atoms with Crippen LogP contribution in [0.2, 0.25) is 0 Å². The summed E-state index contributed by atoms with van der Waals surface area (Å²) in [6.45, 7) is 1.10. The summed E-state index contributed by atoms with van der Waals surface area (Å²) in [5.41, 5.74) is 0.